The molecule has 0 radical (unpaired) electrons. The third-order valence-corrected chi connectivity index (χ3v) is 4.88. The number of nitrogen functional groups attached to an aromatic ring is 1. The molecule has 1 aromatic rings. The van der Waals surface area contributed by atoms with Gasteiger partial charge in [-0.1, -0.05) is 0 Å². The van der Waals surface area contributed by atoms with Gasteiger partial charge < -0.3 is 10.5 Å². The van der Waals surface area contributed by atoms with E-state index in [-0.39, 0.29) is 23.7 Å². The second-order valence-electron chi connectivity index (χ2n) is 5.13. The first-order chi connectivity index (χ1) is 8.72. The summed E-state index contributed by atoms with van der Waals surface area (Å²) in [5, 5.41) is 0. The van der Waals surface area contributed by atoms with Gasteiger partial charge in [-0.3, -0.25) is 0 Å². The molecule has 19 heavy (non-hydrogen) atoms. The fraction of sp³-hybridized carbons (Fsp3) is 0.500. The summed E-state index contributed by atoms with van der Waals surface area (Å²) in [5.74, 6) is -0.625. The third-order valence-electron chi connectivity index (χ3n) is 2.98. The Balaban J connectivity index is 2.39. The number of morpholine rings is 1. The molecular formula is C12H17FN2O3S. The normalized spacial score (nSPS) is 20.4. The number of anilines is 1. The van der Waals surface area contributed by atoms with E-state index in [0.717, 1.165) is 12.1 Å². The lowest BCUT2D eigenvalue weighted by Crippen LogP contribution is -2.50. The summed E-state index contributed by atoms with van der Waals surface area (Å²) >= 11 is 0. The molecule has 1 aromatic carbocycles. The molecule has 0 spiro atoms. The van der Waals surface area contributed by atoms with Crippen LogP contribution in [0.25, 0.3) is 0 Å². The van der Waals surface area contributed by atoms with Crippen molar-refractivity contribution < 1.29 is 17.5 Å². The number of hydrogen-bond acceptors (Lipinski definition) is 4. The van der Waals surface area contributed by atoms with Gasteiger partial charge in [-0.25, -0.2) is 12.8 Å². The summed E-state index contributed by atoms with van der Waals surface area (Å²) in [4.78, 5) is -0.190. The number of ether oxygens (including phenoxy) is 1. The van der Waals surface area contributed by atoms with Crippen LogP contribution in [0.3, 0.4) is 0 Å². The van der Waals surface area contributed by atoms with Crippen molar-refractivity contribution in [2.24, 2.45) is 0 Å². The minimum Gasteiger partial charge on any atom is -0.398 e. The SMILES string of the molecule is CC1(C)CN(S(=O)(=O)c2cc(F)ccc2N)CCO1. The molecule has 0 aliphatic carbocycles. The highest BCUT2D eigenvalue weighted by Gasteiger charge is 2.35. The molecule has 5 nitrogen and oxygen atoms in total. The Bertz CT molecular complexity index is 587. The molecule has 2 rings (SSSR count). The Kier molecular flexibility index (Phi) is 3.55. The Labute approximate surface area is 112 Å². The van der Waals surface area contributed by atoms with Crippen LogP contribution in [-0.4, -0.2) is 38.0 Å². The van der Waals surface area contributed by atoms with Crippen LogP contribution in [0.2, 0.25) is 0 Å². The van der Waals surface area contributed by atoms with Gasteiger partial charge in [-0.15, -0.1) is 0 Å². The predicted molar refractivity (Wildman–Crippen MR) is 69.6 cm³/mol. The lowest BCUT2D eigenvalue weighted by atomic mass is 10.1. The molecule has 2 N–H and O–H groups in total. The lowest BCUT2D eigenvalue weighted by Gasteiger charge is -2.37. The molecule has 106 valence electrons. The van der Waals surface area contributed by atoms with Crippen LogP contribution in [0.5, 0.6) is 0 Å². The molecule has 0 saturated carbocycles. The smallest absolute Gasteiger partial charge is 0.245 e. The Morgan fingerprint density at radius 3 is 2.74 bits per heavy atom. The Hall–Kier alpha value is -1.18. The van der Waals surface area contributed by atoms with E-state index in [1.165, 1.54) is 10.4 Å². The maximum atomic E-state index is 13.2. The standard InChI is InChI=1S/C12H17FN2O3S/c1-12(2)8-15(5-6-18-12)19(16,17)11-7-9(13)3-4-10(11)14/h3-4,7H,5-6,8,14H2,1-2H3. The van der Waals surface area contributed by atoms with Crippen LogP contribution in [0.1, 0.15) is 13.8 Å². The summed E-state index contributed by atoms with van der Waals surface area (Å²) in [5.41, 5.74) is 5.13. The van der Waals surface area contributed by atoms with Gasteiger partial charge >= 0.3 is 0 Å². The molecule has 0 atom stereocenters. The second kappa shape index (κ2) is 4.73. The number of nitrogens with zero attached hydrogens (tertiary/aromatic N) is 1. The monoisotopic (exact) mass is 288 g/mol. The zero-order valence-electron chi connectivity index (χ0n) is 10.9. The first kappa shape index (κ1) is 14.2. The Morgan fingerprint density at radius 2 is 2.11 bits per heavy atom. The number of halogens is 1. The van der Waals surface area contributed by atoms with Crippen molar-refractivity contribution in [1.82, 2.24) is 4.31 Å². The van der Waals surface area contributed by atoms with Crippen molar-refractivity contribution >= 4 is 15.7 Å². The maximum Gasteiger partial charge on any atom is 0.245 e. The summed E-state index contributed by atoms with van der Waals surface area (Å²) in [7, 11) is -3.80. The first-order valence-corrected chi connectivity index (χ1v) is 7.35. The van der Waals surface area contributed by atoms with Crippen LogP contribution < -0.4 is 5.73 Å². The quantitative estimate of drug-likeness (QED) is 0.830. The van der Waals surface area contributed by atoms with E-state index in [1.807, 2.05) is 13.8 Å². The number of sulfonamides is 1. The van der Waals surface area contributed by atoms with Gasteiger partial charge in [-0.05, 0) is 32.0 Å². The summed E-state index contributed by atoms with van der Waals surface area (Å²) in [6, 6.07) is 3.35. The molecular weight excluding hydrogens is 271 g/mol. The van der Waals surface area contributed by atoms with E-state index in [4.69, 9.17) is 10.5 Å². The first-order valence-electron chi connectivity index (χ1n) is 5.91. The van der Waals surface area contributed by atoms with Crippen molar-refractivity contribution in [3.63, 3.8) is 0 Å². The summed E-state index contributed by atoms with van der Waals surface area (Å²) < 4.78 is 44.9. The van der Waals surface area contributed by atoms with E-state index in [1.54, 1.807) is 0 Å². The van der Waals surface area contributed by atoms with Crippen LogP contribution in [0.4, 0.5) is 10.1 Å². The van der Waals surface area contributed by atoms with Gasteiger partial charge in [0.15, 0.2) is 0 Å². The maximum absolute atomic E-state index is 13.2. The molecule has 1 saturated heterocycles. The number of hydrogen-bond donors (Lipinski definition) is 1. The minimum atomic E-state index is -3.80. The Morgan fingerprint density at radius 1 is 1.42 bits per heavy atom. The molecule has 0 unspecified atom stereocenters. The van der Waals surface area contributed by atoms with Crippen molar-refractivity contribution in [2.45, 2.75) is 24.3 Å². The zero-order valence-corrected chi connectivity index (χ0v) is 11.7. The zero-order chi connectivity index (χ0) is 14.3. The molecule has 1 heterocycles. The van der Waals surface area contributed by atoms with Crippen molar-refractivity contribution in [2.75, 3.05) is 25.4 Å². The highest BCUT2D eigenvalue weighted by Crippen LogP contribution is 2.27. The van der Waals surface area contributed by atoms with Gasteiger partial charge in [0.1, 0.15) is 10.7 Å². The number of benzene rings is 1. The summed E-state index contributed by atoms with van der Waals surface area (Å²) in [6.45, 7) is 4.38. The fourth-order valence-corrected chi connectivity index (χ4v) is 3.75. The van der Waals surface area contributed by atoms with Crippen molar-refractivity contribution in [3.05, 3.63) is 24.0 Å². The van der Waals surface area contributed by atoms with E-state index in [2.05, 4.69) is 0 Å². The van der Waals surface area contributed by atoms with Gasteiger partial charge in [0.05, 0.1) is 17.9 Å². The molecule has 0 aromatic heterocycles. The average Bonchev–Trinajstić information content (AvgIpc) is 2.31. The highest BCUT2D eigenvalue weighted by molar-refractivity contribution is 7.89. The average molecular weight is 288 g/mol. The third kappa shape index (κ3) is 2.88. The molecule has 1 aliphatic heterocycles. The number of rotatable bonds is 2. The molecule has 0 amide bonds. The van der Waals surface area contributed by atoms with Gasteiger partial charge in [0, 0.05) is 13.1 Å². The van der Waals surface area contributed by atoms with E-state index < -0.39 is 21.4 Å². The molecule has 7 heteroatoms. The lowest BCUT2D eigenvalue weighted by molar-refractivity contribution is -0.0640. The molecule has 0 bridgehead atoms. The minimum absolute atomic E-state index is 0.0469. The van der Waals surface area contributed by atoms with Gasteiger partial charge in [0.25, 0.3) is 0 Å². The number of nitrogens with two attached hydrogens (primary N) is 1. The van der Waals surface area contributed by atoms with Crippen molar-refractivity contribution in [1.29, 1.82) is 0 Å². The second-order valence-corrected chi connectivity index (χ2v) is 7.04. The van der Waals surface area contributed by atoms with Crippen LogP contribution in [-0.2, 0) is 14.8 Å². The van der Waals surface area contributed by atoms with E-state index in [0.29, 0.717) is 6.61 Å². The van der Waals surface area contributed by atoms with E-state index >= 15 is 0 Å². The highest BCUT2D eigenvalue weighted by atomic mass is 32.2. The van der Waals surface area contributed by atoms with Crippen LogP contribution >= 0.6 is 0 Å². The van der Waals surface area contributed by atoms with Gasteiger partial charge in [-0.2, -0.15) is 4.31 Å². The van der Waals surface area contributed by atoms with Crippen LogP contribution in [0.15, 0.2) is 23.1 Å². The van der Waals surface area contributed by atoms with E-state index in [9.17, 15) is 12.8 Å². The largest absolute Gasteiger partial charge is 0.398 e. The fourth-order valence-electron chi connectivity index (χ4n) is 2.05. The van der Waals surface area contributed by atoms with Crippen molar-refractivity contribution in [3.8, 4) is 0 Å². The molecule has 1 aliphatic rings. The van der Waals surface area contributed by atoms with Gasteiger partial charge in [0.2, 0.25) is 10.0 Å². The topological polar surface area (TPSA) is 72.6 Å². The summed E-state index contributed by atoms with van der Waals surface area (Å²) in [6.07, 6.45) is 0. The van der Waals surface area contributed by atoms with Crippen LogP contribution in [0, 0.1) is 5.82 Å². The molecule has 1 fully saturated rings. The predicted octanol–water partition coefficient (Wildman–Crippen LogP) is 1.21.